The molecule has 1 aromatic rings. The molecule has 0 saturated carbocycles. The van der Waals surface area contributed by atoms with E-state index in [-0.39, 0.29) is 10.6 Å². The van der Waals surface area contributed by atoms with Crippen LogP contribution in [0.3, 0.4) is 0 Å². The number of nitrogens with one attached hydrogen (secondary N) is 1. The summed E-state index contributed by atoms with van der Waals surface area (Å²) in [6, 6.07) is 7.12. The van der Waals surface area contributed by atoms with E-state index in [4.69, 9.17) is 4.74 Å². The Morgan fingerprint density at radius 2 is 2.06 bits per heavy atom. The van der Waals surface area contributed by atoms with E-state index < -0.39 is 0 Å². The van der Waals surface area contributed by atoms with Crippen LogP contribution in [0.2, 0.25) is 0 Å². The minimum atomic E-state index is -0.376. The van der Waals surface area contributed by atoms with Gasteiger partial charge >= 0.3 is 0 Å². The van der Waals surface area contributed by atoms with Crippen LogP contribution >= 0.6 is 0 Å². The third-order valence-corrected chi connectivity index (χ3v) is 2.94. The first-order valence-electron chi connectivity index (χ1n) is 6.07. The number of hydrogen-bond acceptors (Lipinski definition) is 4. The van der Waals surface area contributed by atoms with Crippen LogP contribution in [0.4, 0.5) is 5.69 Å². The van der Waals surface area contributed by atoms with Gasteiger partial charge < -0.3 is 10.1 Å². The molecule has 0 aliphatic carbocycles. The van der Waals surface area contributed by atoms with Gasteiger partial charge in [-0.2, -0.15) is 0 Å². The predicted octanol–water partition coefficient (Wildman–Crippen LogP) is 2.15. The highest BCUT2D eigenvalue weighted by molar-refractivity contribution is 5.32. The van der Waals surface area contributed by atoms with Gasteiger partial charge in [0, 0.05) is 25.3 Å². The van der Waals surface area contributed by atoms with E-state index in [0.717, 1.165) is 24.8 Å². The van der Waals surface area contributed by atoms with E-state index in [1.165, 1.54) is 0 Å². The second-order valence-corrected chi connectivity index (χ2v) is 4.26. The minimum absolute atomic E-state index is 0.145. The van der Waals surface area contributed by atoms with Crippen molar-refractivity contribution in [3.63, 3.8) is 0 Å². The van der Waals surface area contributed by atoms with Crippen LogP contribution in [0.5, 0.6) is 0 Å². The lowest BCUT2D eigenvalue weighted by Gasteiger charge is -2.14. The highest BCUT2D eigenvalue weighted by Gasteiger charge is 2.06. The number of ether oxygens (including phenoxy) is 1. The van der Waals surface area contributed by atoms with Crippen molar-refractivity contribution in [3.8, 4) is 0 Å². The highest BCUT2D eigenvalue weighted by atomic mass is 16.6. The molecule has 1 N–H and O–H groups in total. The zero-order chi connectivity index (χ0) is 13.4. The molecule has 0 bridgehead atoms. The van der Waals surface area contributed by atoms with Crippen molar-refractivity contribution in [2.45, 2.75) is 25.3 Å². The molecule has 0 spiro atoms. The molecule has 0 amide bonds. The lowest BCUT2D eigenvalue weighted by molar-refractivity contribution is -0.384. The van der Waals surface area contributed by atoms with Crippen LogP contribution in [0.25, 0.3) is 0 Å². The Kier molecular flexibility index (Phi) is 6.32. The van der Waals surface area contributed by atoms with E-state index in [2.05, 4.69) is 5.32 Å². The van der Waals surface area contributed by atoms with Gasteiger partial charge in [-0.05, 0) is 31.9 Å². The number of nitro groups is 1. The van der Waals surface area contributed by atoms with Crippen molar-refractivity contribution in [1.82, 2.24) is 5.32 Å². The Labute approximate surface area is 107 Å². The molecule has 5 heteroatoms. The first-order chi connectivity index (χ1) is 8.67. The third-order valence-electron chi connectivity index (χ3n) is 2.94. The Hall–Kier alpha value is -1.46. The lowest BCUT2D eigenvalue weighted by Crippen LogP contribution is -2.29. The van der Waals surface area contributed by atoms with Crippen LogP contribution in [0.15, 0.2) is 24.3 Å². The van der Waals surface area contributed by atoms with Gasteiger partial charge in [-0.15, -0.1) is 0 Å². The van der Waals surface area contributed by atoms with Crippen LogP contribution in [-0.4, -0.2) is 31.7 Å². The normalized spacial score (nSPS) is 12.3. The Balaban J connectivity index is 2.37. The average Bonchev–Trinajstić information content (AvgIpc) is 2.38. The first-order valence-corrected chi connectivity index (χ1v) is 6.07. The van der Waals surface area contributed by atoms with E-state index in [9.17, 15) is 10.1 Å². The lowest BCUT2D eigenvalue weighted by atomic mass is 10.0. The van der Waals surface area contributed by atoms with Crippen molar-refractivity contribution in [2.75, 3.05) is 20.8 Å². The van der Waals surface area contributed by atoms with Crippen LogP contribution in [-0.2, 0) is 11.2 Å². The zero-order valence-corrected chi connectivity index (χ0v) is 10.9. The molecule has 1 atom stereocenters. The van der Waals surface area contributed by atoms with Gasteiger partial charge in [-0.3, -0.25) is 10.1 Å². The quantitative estimate of drug-likeness (QED) is 0.568. The number of nitrogens with zero attached hydrogens (tertiary/aromatic N) is 1. The molecule has 0 aliphatic rings. The number of aryl methyl sites for hydroxylation is 1. The molecule has 0 aromatic heterocycles. The number of nitro benzene ring substituents is 1. The molecule has 1 unspecified atom stereocenters. The fourth-order valence-electron chi connectivity index (χ4n) is 1.85. The number of non-ortho nitro benzene ring substituents is 1. The van der Waals surface area contributed by atoms with E-state index in [0.29, 0.717) is 12.6 Å². The topological polar surface area (TPSA) is 64.4 Å². The summed E-state index contributed by atoms with van der Waals surface area (Å²) in [5, 5.41) is 13.7. The van der Waals surface area contributed by atoms with E-state index in [1.807, 2.05) is 19.2 Å². The minimum Gasteiger partial charge on any atom is -0.383 e. The summed E-state index contributed by atoms with van der Waals surface area (Å²) >= 11 is 0. The molecular formula is C13H20N2O3. The zero-order valence-electron chi connectivity index (χ0n) is 10.9. The third kappa shape index (κ3) is 4.81. The fourth-order valence-corrected chi connectivity index (χ4v) is 1.85. The SMILES string of the molecule is CNC(CCCc1ccc([N+](=O)[O-])cc1)COC. The van der Waals surface area contributed by atoms with Gasteiger partial charge in [0.15, 0.2) is 0 Å². The fraction of sp³-hybridized carbons (Fsp3) is 0.538. The van der Waals surface area contributed by atoms with Gasteiger partial charge in [0.1, 0.15) is 0 Å². The summed E-state index contributed by atoms with van der Waals surface area (Å²) in [6.07, 6.45) is 2.99. The summed E-state index contributed by atoms with van der Waals surface area (Å²) in [4.78, 5) is 10.1. The van der Waals surface area contributed by atoms with Crippen LogP contribution in [0.1, 0.15) is 18.4 Å². The van der Waals surface area contributed by atoms with Gasteiger partial charge in [0.25, 0.3) is 5.69 Å². The first kappa shape index (κ1) is 14.6. The molecule has 0 radical (unpaired) electrons. The van der Waals surface area contributed by atoms with Crippen molar-refractivity contribution in [2.24, 2.45) is 0 Å². The summed E-state index contributed by atoms with van der Waals surface area (Å²) < 4.78 is 5.10. The Morgan fingerprint density at radius 3 is 2.56 bits per heavy atom. The molecular weight excluding hydrogens is 232 g/mol. The second-order valence-electron chi connectivity index (χ2n) is 4.26. The summed E-state index contributed by atoms with van der Waals surface area (Å²) in [6.45, 7) is 0.705. The maximum atomic E-state index is 10.5. The molecule has 1 aromatic carbocycles. The van der Waals surface area contributed by atoms with E-state index in [1.54, 1.807) is 19.2 Å². The molecule has 0 heterocycles. The number of benzene rings is 1. The monoisotopic (exact) mass is 252 g/mol. The predicted molar refractivity (Wildman–Crippen MR) is 70.8 cm³/mol. The highest BCUT2D eigenvalue weighted by Crippen LogP contribution is 2.14. The molecule has 0 saturated heterocycles. The summed E-state index contributed by atoms with van der Waals surface area (Å²) in [7, 11) is 3.62. The van der Waals surface area contributed by atoms with Gasteiger partial charge in [0.2, 0.25) is 0 Å². The largest absolute Gasteiger partial charge is 0.383 e. The van der Waals surface area contributed by atoms with Gasteiger partial charge in [-0.25, -0.2) is 0 Å². The van der Waals surface area contributed by atoms with Gasteiger partial charge in [0.05, 0.1) is 11.5 Å². The van der Waals surface area contributed by atoms with E-state index >= 15 is 0 Å². The average molecular weight is 252 g/mol. The van der Waals surface area contributed by atoms with Gasteiger partial charge in [-0.1, -0.05) is 12.1 Å². The van der Waals surface area contributed by atoms with Crippen molar-refractivity contribution >= 4 is 5.69 Å². The molecule has 18 heavy (non-hydrogen) atoms. The summed E-state index contributed by atoms with van der Waals surface area (Å²) in [5.74, 6) is 0. The maximum Gasteiger partial charge on any atom is 0.269 e. The number of hydrogen-bond donors (Lipinski definition) is 1. The second kappa shape index (κ2) is 7.79. The summed E-state index contributed by atoms with van der Waals surface area (Å²) in [5.41, 5.74) is 1.28. The molecule has 100 valence electrons. The Bertz CT molecular complexity index is 365. The van der Waals surface area contributed by atoms with Crippen molar-refractivity contribution < 1.29 is 9.66 Å². The molecule has 1 rings (SSSR count). The number of methoxy groups -OCH3 is 1. The van der Waals surface area contributed by atoms with Crippen LogP contribution < -0.4 is 5.32 Å². The van der Waals surface area contributed by atoms with Crippen LogP contribution in [0, 0.1) is 10.1 Å². The number of likely N-dealkylation sites (N-methyl/N-ethyl adjacent to an activating group) is 1. The molecule has 0 fully saturated rings. The molecule has 0 aliphatic heterocycles. The smallest absolute Gasteiger partial charge is 0.269 e. The van der Waals surface area contributed by atoms with Crippen molar-refractivity contribution in [1.29, 1.82) is 0 Å². The maximum absolute atomic E-state index is 10.5. The number of rotatable bonds is 8. The standard InChI is InChI=1S/C13H20N2O3/c1-14-12(10-18-2)5-3-4-11-6-8-13(9-7-11)15(16)17/h6-9,12,14H,3-5,10H2,1-2H3. The molecule has 5 nitrogen and oxygen atoms in total. The Morgan fingerprint density at radius 1 is 1.39 bits per heavy atom. The van der Waals surface area contributed by atoms with Crippen molar-refractivity contribution in [3.05, 3.63) is 39.9 Å².